The number of aliphatic hydroxyl groups is 1. The van der Waals surface area contributed by atoms with Crippen LogP contribution in [0.1, 0.15) is 39.0 Å². The maximum atomic E-state index is 9.27. The molecule has 2 atom stereocenters. The van der Waals surface area contributed by atoms with Crippen molar-refractivity contribution in [1.29, 1.82) is 0 Å². The molecule has 3 heteroatoms. The zero-order valence-corrected chi connectivity index (χ0v) is 10.5. The van der Waals surface area contributed by atoms with Gasteiger partial charge >= 0.3 is 0 Å². The zero-order valence-electron chi connectivity index (χ0n) is 9.79. The summed E-state index contributed by atoms with van der Waals surface area (Å²) in [6.07, 6.45) is 6.06. The van der Waals surface area contributed by atoms with E-state index in [0.29, 0.717) is 18.6 Å². The predicted molar refractivity (Wildman–Crippen MR) is 65.4 cm³/mol. The molecule has 15 heavy (non-hydrogen) atoms. The van der Waals surface area contributed by atoms with Crippen molar-refractivity contribution in [3.63, 3.8) is 0 Å². The molecule has 0 saturated carbocycles. The van der Waals surface area contributed by atoms with Crippen molar-refractivity contribution in [2.45, 2.75) is 45.1 Å². The number of nitrogens with zero attached hydrogens (tertiary/aromatic N) is 1. The van der Waals surface area contributed by atoms with Gasteiger partial charge in [-0.1, -0.05) is 13.3 Å². The van der Waals surface area contributed by atoms with Crippen molar-refractivity contribution in [3.8, 4) is 0 Å². The predicted octanol–water partition coefficient (Wildman–Crippen LogP) is 2.49. The summed E-state index contributed by atoms with van der Waals surface area (Å²) in [6.45, 7) is 4.88. The van der Waals surface area contributed by atoms with Gasteiger partial charge in [0.2, 0.25) is 0 Å². The Bertz CT molecular complexity index is 166. The van der Waals surface area contributed by atoms with Crippen LogP contribution in [0.4, 0.5) is 0 Å². The van der Waals surface area contributed by atoms with Crippen molar-refractivity contribution in [3.05, 3.63) is 0 Å². The summed E-state index contributed by atoms with van der Waals surface area (Å²) in [4.78, 5) is 2.45. The number of halogens is 1. The Labute approximate surface area is 98.6 Å². The molecular weight excluding hydrogens is 210 g/mol. The lowest BCUT2D eigenvalue weighted by molar-refractivity contribution is 0.0854. The number of piperidine rings is 1. The molecule has 1 aliphatic heterocycles. The highest BCUT2D eigenvalue weighted by Crippen LogP contribution is 2.18. The lowest BCUT2D eigenvalue weighted by atomic mass is 10.00. The number of alkyl halides is 1. The van der Waals surface area contributed by atoms with Crippen LogP contribution >= 0.6 is 11.6 Å². The maximum absolute atomic E-state index is 9.27. The van der Waals surface area contributed by atoms with E-state index >= 15 is 0 Å². The molecule has 1 aliphatic rings. The van der Waals surface area contributed by atoms with Gasteiger partial charge in [-0.25, -0.2) is 0 Å². The Morgan fingerprint density at radius 1 is 1.40 bits per heavy atom. The topological polar surface area (TPSA) is 23.5 Å². The minimum Gasteiger partial charge on any atom is -0.395 e. The Morgan fingerprint density at radius 2 is 2.20 bits per heavy atom. The molecular formula is C12H24ClNO. The van der Waals surface area contributed by atoms with Crippen LogP contribution in [-0.4, -0.2) is 41.6 Å². The lowest BCUT2D eigenvalue weighted by Gasteiger charge is -2.35. The second kappa shape index (κ2) is 7.48. The normalized spacial score (nSPS) is 25.4. The first-order valence-electron chi connectivity index (χ1n) is 6.18. The van der Waals surface area contributed by atoms with Crippen LogP contribution in [0.2, 0.25) is 0 Å². The van der Waals surface area contributed by atoms with E-state index in [-0.39, 0.29) is 0 Å². The summed E-state index contributed by atoms with van der Waals surface area (Å²) in [5.74, 6) is 1.48. The molecule has 0 aliphatic carbocycles. The van der Waals surface area contributed by atoms with Gasteiger partial charge in [0, 0.05) is 11.9 Å². The fourth-order valence-corrected chi connectivity index (χ4v) is 2.65. The van der Waals surface area contributed by atoms with Crippen LogP contribution in [-0.2, 0) is 0 Å². The zero-order chi connectivity index (χ0) is 11.1. The first kappa shape index (κ1) is 13.3. The molecule has 0 amide bonds. The first-order valence-corrected chi connectivity index (χ1v) is 6.72. The molecule has 0 aromatic carbocycles. The van der Waals surface area contributed by atoms with Gasteiger partial charge in [0.25, 0.3) is 0 Å². The van der Waals surface area contributed by atoms with E-state index in [1.54, 1.807) is 0 Å². The maximum Gasteiger partial charge on any atom is 0.0586 e. The quantitative estimate of drug-likeness (QED) is 0.713. The Kier molecular flexibility index (Phi) is 6.62. The smallest absolute Gasteiger partial charge is 0.0586 e. The summed E-state index contributed by atoms with van der Waals surface area (Å²) < 4.78 is 0. The van der Waals surface area contributed by atoms with Gasteiger partial charge in [-0.2, -0.15) is 0 Å². The van der Waals surface area contributed by atoms with Crippen LogP contribution in [0.25, 0.3) is 0 Å². The highest BCUT2D eigenvalue weighted by molar-refractivity contribution is 6.17. The minimum absolute atomic E-state index is 0.323. The van der Waals surface area contributed by atoms with Crippen molar-refractivity contribution in [1.82, 2.24) is 4.90 Å². The average molecular weight is 234 g/mol. The van der Waals surface area contributed by atoms with E-state index < -0.39 is 0 Å². The van der Waals surface area contributed by atoms with Crippen LogP contribution in [0.15, 0.2) is 0 Å². The van der Waals surface area contributed by atoms with Crippen molar-refractivity contribution in [2.24, 2.45) is 5.92 Å². The van der Waals surface area contributed by atoms with E-state index in [1.165, 1.54) is 32.2 Å². The fourth-order valence-electron chi connectivity index (χ4n) is 2.28. The average Bonchev–Trinajstić information content (AvgIpc) is 2.27. The van der Waals surface area contributed by atoms with Gasteiger partial charge in [-0.15, -0.1) is 11.6 Å². The van der Waals surface area contributed by atoms with Gasteiger partial charge in [-0.05, 0) is 44.7 Å². The van der Waals surface area contributed by atoms with Crippen LogP contribution in [0.3, 0.4) is 0 Å². The van der Waals surface area contributed by atoms with Crippen molar-refractivity contribution < 1.29 is 5.11 Å². The molecule has 1 rings (SSSR count). The highest BCUT2D eigenvalue weighted by Gasteiger charge is 2.21. The SMILES string of the molecule is CC(CCCl)CCN1CCCCC1CO. The standard InChI is InChI=1S/C12H24ClNO/c1-11(5-7-13)6-9-14-8-3-2-4-12(14)10-15/h11-12,15H,2-10H2,1H3. The molecule has 1 N–H and O–H groups in total. The van der Waals surface area contributed by atoms with Crippen LogP contribution in [0, 0.1) is 5.92 Å². The summed E-state index contributed by atoms with van der Waals surface area (Å²) in [6, 6.07) is 0.418. The Morgan fingerprint density at radius 3 is 2.87 bits per heavy atom. The van der Waals surface area contributed by atoms with E-state index in [1.807, 2.05) is 0 Å². The van der Waals surface area contributed by atoms with E-state index in [4.69, 9.17) is 11.6 Å². The number of hydrogen-bond donors (Lipinski definition) is 1. The molecule has 90 valence electrons. The van der Waals surface area contributed by atoms with E-state index in [2.05, 4.69) is 11.8 Å². The molecule has 1 heterocycles. The molecule has 2 nitrogen and oxygen atoms in total. The third-order valence-electron chi connectivity index (χ3n) is 3.47. The van der Waals surface area contributed by atoms with Crippen molar-refractivity contribution in [2.75, 3.05) is 25.6 Å². The van der Waals surface area contributed by atoms with E-state index in [9.17, 15) is 5.11 Å². The summed E-state index contributed by atoms with van der Waals surface area (Å²) in [7, 11) is 0. The summed E-state index contributed by atoms with van der Waals surface area (Å²) in [5, 5.41) is 9.27. The third-order valence-corrected chi connectivity index (χ3v) is 3.69. The fraction of sp³-hybridized carbons (Fsp3) is 1.00. The molecule has 1 fully saturated rings. The third kappa shape index (κ3) is 4.71. The minimum atomic E-state index is 0.323. The summed E-state index contributed by atoms with van der Waals surface area (Å²) >= 11 is 5.72. The molecule has 0 aromatic rings. The summed E-state index contributed by atoms with van der Waals surface area (Å²) in [5.41, 5.74) is 0. The first-order chi connectivity index (χ1) is 7.27. The van der Waals surface area contributed by atoms with Gasteiger partial charge in [0.1, 0.15) is 0 Å². The van der Waals surface area contributed by atoms with Crippen LogP contribution < -0.4 is 0 Å². The van der Waals surface area contributed by atoms with Gasteiger partial charge in [-0.3, -0.25) is 4.90 Å². The Balaban J connectivity index is 2.22. The van der Waals surface area contributed by atoms with E-state index in [0.717, 1.165) is 18.8 Å². The monoisotopic (exact) mass is 233 g/mol. The number of hydrogen-bond acceptors (Lipinski definition) is 2. The number of likely N-dealkylation sites (tertiary alicyclic amines) is 1. The lowest BCUT2D eigenvalue weighted by Crippen LogP contribution is -2.42. The Hall–Kier alpha value is 0.210. The molecule has 1 saturated heterocycles. The number of aliphatic hydroxyl groups excluding tert-OH is 1. The van der Waals surface area contributed by atoms with Crippen molar-refractivity contribution >= 4 is 11.6 Å². The highest BCUT2D eigenvalue weighted by atomic mass is 35.5. The van der Waals surface area contributed by atoms with Gasteiger partial charge < -0.3 is 5.11 Å². The largest absolute Gasteiger partial charge is 0.395 e. The van der Waals surface area contributed by atoms with Gasteiger partial charge in [0.15, 0.2) is 0 Å². The molecule has 2 unspecified atom stereocenters. The second-order valence-electron chi connectivity index (χ2n) is 4.74. The van der Waals surface area contributed by atoms with Gasteiger partial charge in [0.05, 0.1) is 6.61 Å². The second-order valence-corrected chi connectivity index (χ2v) is 5.12. The molecule has 0 radical (unpaired) electrons. The molecule has 0 aromatic heterocycles. The molecule has 0 bridgehead atoms. The number of rotatable bonds is 6. The molecule has 0 spiro atoms. The van der Waals surface area contributed by atoms with Crippen LogP contribution in [0.5, 0.6) is 0 Å².